The highest BCUT2D eigenvalue weighted by atomic mass is 28.3. The predicted octanol–water partition coefficient (Wildman–Crippen LogP) is 21.3. The lowest BCUT2D eigenvalue weighted by atomic mass is 9.33. The van der Waals surface area contributed by atoms with Crippen LogP contribution in [0.3, 0.4) is 0 Å². The van der Waals surface area contributed by atoms with Crippen LogP contribution in [0.4, 0.5) is 68.2 Å². The summed E-state index contributed by atoms with van der Waals surface area (Å²) < 4.78 is 4.90. The zero-order chi connectivity index (χ0) is 80.5. The molecule has 0 N–H and O–H groups in total. The molecule has 121 heavy (non-hydrogen) atoms. The van der Waals surface area contributed by atoms with Crippen molar-refractivity contribution in [3.63, 3.8) is 0 Å². The molecule has 0 spiro atoms. The summed E-state index contributed by atoms with van der Waals surface area (Å²) in [7, 11) is -6.46. The molecule has 0 saturated carbocycles. The molecule has 0 radical (unpaired) electrons. The molecule has 18 aromatic carbocycles. The summed E-state index contributed by atoms with van der Waals surface area (Å²) in [5, 5.41) is 15.4. The Kier molecular flexibility index (Phi) is 16.9. The van der Waals surface area contributed by atoms with E-state index in [-0.39, 0.29) is 12.1 Å². The normalized spacial score (nSPS) is 13.0. The van der Waals surface area contributed by atoms with Crippen molar-refractivity contribution < 1.29 is 0 Å². The Labute approximate surface area is 708 Å². The van der Waals surface area contributed by atoms with Crippen molar-refractivity contribution in [2.45, 2.75) is 26.2 Å². The van der Waals surface area contributed by atoms with Crippen LogP contribution in [0, 0.1) is 0 Å². The molecule has 0 fully saturated rings. The lowest BCUT2D eigenvalue weighted by Gasteiger charge is -2.47. The summed E-state index contributed by atoms with van der Waals surface area (Å²) in [5.41, 5.74) is 24.7. The fraction of sp³-hybridized carbons (Fsp3) is 0.0357. The molecular weight excluding hydrogens is 1500 g/mol. The molecule has 23 rings (SSSR count). The molecule has 0 amide bonds. The number of hydrogen-bond acceptors (Lipinski definition) is 4. The number of fused-ring (bicyclic) bond motifs is 12. The maximum Gasteiger partial charge on any atom is 0.252 e. The molecule has 3 aliphatic rings. The summed E-state index contributed by atoms with van der Waals surface area (Å²) in [6.07, 6.45) is 0. The van der Waals surface area contributed by atoms with Gasteiger partial charge in [0.2, 0.25) is 0 Å². The number of nitrogens with zero attached hydrogens (tertiary/aromatic N) is 6. The Bertz CT molecular complexity index is 6690. The van der Waals surface area contributed by atoms with Crippen LogP contribution in [0.25, 0.3) is 55.0 Å². The predicted molar refractivity (Wildman–Crippen MR) is 518 cm³/mol. The minimum absolute atomic E-state index is 0.0882. The van der Waals surface area contributed by atoms with Crippen LogP contribution in [-0.2, 0) is 5.41 Å². The molecule has 0 unspecified atom stereocenters. The monoisotopic (exact) mass is 1580 g/mol. The SMILES string of the molecule is CC(C)(C)c1cccc(N2c3ccccc3N(c3cc4c5c(c3)N(c3ccc(-n6c7ccccc7c7ccccc76)cc3)c3cc([Si](c6ccccc6)(c6ccccc6)c6ccccc6)ccc3B5c3ccc([Si](c5ccccc5)(c5ccccc5)c5ccccc5)cc3N4c3ccc(-n4c5ccccc5c5ccccc54)cc3)c3ccccc32)c1. The third kappa shape index (κ3) is 11.2. The van der Waals surface area contributed by atoms with Crippen LogP contribution in [0.15, 0.2) is 449 Å². The fourth-order valence-electron chi connectivity index (χ4n) is 20.8. The third-order valence-electron chi connectivity index (χ3n) is 26.0. The van der Waals surface area contributed by atoms with Gasteiger partial charge in [0.25, 0.3) is 6.71 Å². The molecule has 572 valence electrons. The number of rotatable bonds is 14. The van der Waals surface area contributed by atoms with Gasteiger partial charge >= 0.3 is 0 Å². The van der Waals surface area contributed by atoms with Gasteiger partial charge in [0.1, 0.15) is 0 Å². The number of para-hydroxylation sites is 8. The van der Waals surface area contributed by atoms with Gasteiger partial charge in [0.05, 0.1) is 50.5 Å². The molecule has 0 aliphatic carbocycles. The van der Waals surface area contributed by atoms with Crippen molar-refractivity contribution in [1.29, 1.82) is 0 Å². The van der Waals surface area contributed by atoms with Crippen molar-refractivity contribution in [3.05, 3.63) is 454 Å². The fourth-order valence-corrected chi connectivity index (χ4v) is 30.3. The molecule has 0 saturated heterocycles. The van der Waals surface area contributed by atoms with Crippen LogP contribution >= 0.6 is 0 Å². The van der Waals surface area contributed by atoms with E-state index in [9.17, 15) is 0 Å². The highest BCUT2D eigenvalue weighted by Crippen LogP contribution is 2.57. The van der Waals surface area contributed by atoms with Gasteiger partial charge in [-0.1, -0.05) is 336 Å². The number of aromatic nitrogens is 2. The lowest BCUT2D eigenvalue weighted by Crippen LogP contribution is -2.75. The second-order valence-electron chi connectivity index (χ2n) is 33.5. The molecule has 0 atom stereocenters. The van der Waals surface area contributed by atoms with Crippen molar-refractivity contribution in [1.82, 2.24) is 9.13 Å². The van der Waals surface area contributed by atoms with Gasteiger partial charge in [-0.3, -0.25) is 0 Å². The Balaban J connectivity index is 0.853. The van der Waals surface area contributed by atoms with E-state index in [1.165, 1.54) is 107 Å². The molecule has 2 aromatic heterocycles. The Hall–Kier alpha value is -14.7. The minimum atomic E-state index is -3.23. The first-order valence-electron chi connectivity index (χ1n) is 42.2. The van der Waals surface area contributed by atoms with Crippen LogP contribution in [0.2, 0.25) is 0 Å². The largest absolute Gasteiger partial charge is 0.311 e. The van der Waals surface area contributed by atoms with E-state index < -0.39 is 16.1 Å². The summed E-state index contributed by atoms with van der Waals surface area (Å²) in [5.74, 6) is 0. The zero-order valence-electron chi connectivity index (χ0n) is 67.5. The number of benzene rings is 18. The van der Waals surface area contributed by atoms with E-state index in [4.69, 9.17) is 0 Å². The summed E-state index contributed by atoms with van der Waals surface area (Å²) >= 11 is 0. The maximum atomic E-state index is 2.67. The van der Waals surface area contributed by atoms with Crippen molar-refractivity contribution in [3.8, 4) is 11.4 Å². The molecule has 5 heterocycles. The zero-order valence-corrected chi connectivity index (χ0v) is 69.5. The Morgan fingerprint density at radius 1 is 0.198 bits per heavy atom. The lowest BCUT2D eigenvalue weighted by molar-refractivity contribution is 0.590. The average molecular weight is 1580 g/mol. The molecule has 3 aliphatic heterocycles. The van der Waals surface area contributed by atoms with Gasteiger partial charge in [-0.25, -0.2) is 0 Å². The van der Waals surface area contributed by atoms with Crippen LogP contribution < -0.4 is 77.5 Å². The van der Waals surface area contributed by atoms with Gasteiger partial charge in [-0.15, -0.1) is 0 Å². The first-order valence-corrected chi connectivity index (χ1v) is 46.2. The van der Waals surface area contributed by atoms with Crippen molar-refractivity contribution >= 4 is 193 Å². The Morgan fingerprint density at radius 2 is 0.479 bits per heavy atom. The third-order valence-corrected chi connectivity index (χ3v) is 35.6. The smallest absolute Gasteiger partial charge is 0.252 e. The maximum absolute atomic E-state index is 3.23. The minimum Gasteiger partial charge on any atom is -0.311 e. The van der Waals surface area contributed by atoms with E-state index >= 15 is 0 Å². The standard InChI is InChI=1S/C112H83BN6Si2/c1-112(2,3)78-35-34-36-83(73-78)118-103-57-30-32-59-105(103)119(106-60-33-31-58-104(106)118)84-74-109-111-110(75-84)117(82-67-63-80(64-68-82)115-101-55-28-24-51-95(101)96-52-25-29-56-102(96)115)108-77-92(121(88-43-16-7-17-44-88,89-45-18-8-19-46-89)90-47-20-9-21-48-90)70-72-98(108)113(111)97-71-69-91(120(85-37-10-4-11-38-85,86-39-12-5-13-40-86)87-41-14-6-15-42-87)76-107(97)116(109)81-65-61-79(62-66-81)114-99-53-26-22-49-93(99)94-50-23-27-54-100(94)114/h4-77H,1-3H3. The summed E-state index contributed by atoms with van der Waals surface area (Å²) in [4.78, 5) is 10.4. The second kappa shape index (κ2) is 28.5. The molecule has 6 nitrogen and oxygen atoms in total. The average Bonchev–Trinajstić information content (AvgIpc) is 1.62. The molecule has 9 heteroatoms. The topological polar surface area (TPSA) is 22.8 Å². The first-order chi connectivity index (χ1) is 59.7. The van der Waals surface area contributed by atoms with Gasteiger partial charge in [0, 0.05) is 72.7 Å². The second-order valence-corrected chi connectivity index (χ2v) is 41.1. The van der Waals surface area contributed by atoms with Crippen LogP contribution in [0.1, 0.15) is 26.3 Å². The van der Waals surface area contributed by atoms with Gasteiger partial charge in [-0.05, 0) is 202 Å². The van der Waals surface area contributed by atoms with Gasteiger partial charge in [-0.2, -0.15) is 0 Å². The van der Waals surface area contributed by atoms with Crippen molar-refractivity contribution in [2.75, 3.05) is 19.6 Å². The van der Waals surface area contributed by atoms with Gasteiger partial charge in [0.15, 0.2) is 16.1 Å². The molecule has 0 bridgehead atoms. The quantitative estimate of drug-likeness (QED) is 0.0799. The molecular formula is C112H83BN6Si2. The molecule has 20 aromatic rings. The highest BCUT2D eigenvalue weighted by Gasteiger charge is 2.50. The summed E-state index contributed by atoms with van der Waals surface area (Å²) in [6.45, 7) is 6.65. The van der Waals surface area contributed by atoms with E-state index in [0.29, 0.717) is 0 Å². The van der Waals surface area contributed by atoms with E-state index in [1.54, 1.807) is 0 Å². The van der Waals surface area contributed by atoms with Crippen molar-refractivity contribution in [2.24, 2.45) is 0 Å². The Morgan fingerprint density at radius 3 is 0.802 bits per heavy atom. The van der Waals surface area contributed by atoms with Gasteiger partial charge < -0.3 is 28.7 Å². The van der Waals surface area contributed by atoms with E-state index in [1.807, 2.05) is 0 Å². The van der Waals surface area contributed by atoms with Crippen LogP contribution in [0.5, 0.6) is 0 Å². The number of anilines is 12. The van der Waals surface area contributed by atoms with Crippen LogP contribution in [-0.4, -0.2) is 32.0 Å². The highest BCUT2D eigenvalue weighted by molar-refractivity contribution is 7.20. The summed E-state index contributed by atoms with van der Waals surface area (Å²) in [6, 6.07) is 171. The van der Waals surface area contributed by atoms with E-state index in [2.05, 4.69) is 498 Å². The first kappa shape index (κ1) is 71.6. The van der Waals surface area contributed by atoms with E-state index in [0.717, 1.165) is 79.6 Å². The number of hydrogen-bond donors (Lipinski definition) is 0.